The third-order valence-electron chi connectivity index (χ3n) is 2.93. The maximum absolute atomic E-state index is 11.8. The molecular formula is C14H15N3O3. The van der Waals surface area contributed by atoms with Gasteiger partial charge in [0.25, 0.3) is 5.91 Å². The highest BCUT2D eigenvalue weighted by molar-refractivity contribution is 6.15. The van der Waals surface area contributed by atoms with Crippen LogP contribution in [0.2, 0.25) is 0 Å². The molecule has 20 heavy (non-hydrogen) atoms. The average molecular weight is 273 g/mol. The number of nitrogens with zero attached hydrogens (tertiary/aromatic N) is 1. The lowest BCUT2D eigenvalue weighted by molar-refractivity contribution is -0.115. The number of guanidine groups is 1. The average Bonchev–Trinajstić information content (AvgIpc) is 3.03. The quantitative estimate of drug-likeness (QED) is 0.813. The standard InChI is InChI=1S/C14H15N3O3/c1-2-5-15-14-16-10(13(18)17-14)6-9-3-4-11-12(7-9)20-8-19-11/h3-4,6-7H,2,5,8H2,1H3,(H2,15,16,17,18)/b10-6-. The molecule has 0 aliphatic carbocycles. The minimum atomic E-state index is -0.183. The Kier molecular flexibility index (Phi) is 3.28. The fourth-order valence-electron chi connectivity index (χ4n) is 1.96. The van der Waals surface area contributed by atoms with Gasteiger partial charge in [-0.15, -0.1) is 0 Å². The molecule has 6 heteroatoms. The Hall–Kier alpha value is -2.50. The lowest BCUT2D eigenvalue weighted by atomic mass is 10.1. The fourth-order valence-corrected chi connectivity index (χ4v) is 1.96. The largest absolute Gasteiger partial charge is 0.454 e. The van der Waals surface area contributed by atoms with Gasteiger partial charge in [-0.3, -0.25) is 15.1 Å². The van der Waals surface area contributed by atoms with E-state index in [0.717, 1.165) is 17.7 Å². The highest BCUT2D eigenvalue weighted by atomic mass is 16.7. The first kappa shape index (κ1) is 12.5. The van der Waals surface area contributed by atoms with Gasteiger partial charge < -0.3 is 14.8 Å². The molecule has 0 bridgehead atoms. The van der Waals surface area contributed by atoms with Crippen LogP contribution in [0.3, 0.4) is 0 Å². The Bertz CT molecular complexity index is 608. The Labute approximate surface area is 116 Å². The minimum absolute atomic E-state index is 0.183. The number of rotatable bonds is 3. The van der Waals surface area contributed by atoms with Crippen LogP contribution < -0.4 is 20.1 Å². The molecule has 2 aliphatic rings. The molecule has 1 aromatic rings. The van der Waals surface area contributed by atoms with E-state index in [4.69, 9.17) is 9.47 Å². The topological polar surface area (TPSA) is 72.0 Å². The van der Waals surface area contributed by atoms with Crippen molar-refractivity contribution in [2.45, 2.75) is 13.3 Å². The van der Waals surface area contributed by atoms with E-state index in [9.17, 15) is 4.79 Å². The molecule has 0 unspecified atom stereocenters. The van der Waals surface area contributed by atoms with Crippen molar-refractivity contribution in [2.75, 3.05) is 13.3 Å². The van der Waals surface area contributed by atoms with Crippen LogP contribution >= 0.6 is 0 Å². The summed E-state index contributed by atoms with van der Waals surface area (Å²) < 4.78 is 10.6. The van der Waals surface area contributed by atoms with Gasteiger partial charge in [0.1, 0.15) is 5.70 Å². The summed E-state index contributed by atoms with van der Waals surface area (Å²) in [5, 5.41) is 5.66. The highest BCUT2D eigenvalue weighted by Crippen LogP contribution is 2.33. The zero-order valence-corrected chi connectivity index (χ0v) is 11.1. The van der Waals surface area contributed by atoms with Crippen molar-refractivity contribution in [3.05, 3.63) is 29.5 Å². The molecule has 2 aliphatic heterocycles. The van der Waals surface area contributed by atoms with Gasteiger partial charge in [-0.1, -0.05) is 13.0 Å². The van der Waals surface area contributed by atoms with E-state index in [1.165, 1.54) is 0 Å². The van der Waals surface area contributed by atoms with E-state index < -0.39 is 0 Å². The molecule has 0 radical (unpaired) electrons. The summed E-state index contributed by atoms with van der Waals surface area (Å²) in [5.74, 6) is 1.74. The molecule has 0 aromatic heterocycles. The van der Waals surface area contributed by atoms with Crippen LogP contribution in [0.5, 0.6) is 11.5 Å². The van der Waals surface area contributed by atoms with Crippen molar-refractivity contribution >= 4 is 17.9 Å². The molecule has 2 N–H and O–H groups in total. The Morgan fingerprint density at radius 3 is 3.00 bits per heavy atom. The zero-order chi connectivity index (χ0) is 13.9. The van der Waals surface area contributed by atoms with Crippen molar-refractivity contribution in [1.82, 2.24) is 10.6 Å². The summed E-state index contributed by atoms with van der Waals surface area (Å²) in [4.78, 5) is 16.0. The van der Waals surface area contributed by atoms with Crippen molar-refractivity contribution in [2.24, 2.45) is 4.99 Å². The van der Waals surface area contributed by atoms with Crippen LogP contribution in [0.4, 0.5) is 0 Å². The number of benzene rings is 1. The number of ether oxygens (including phenoxy) is 2. The Balaban J connectivity index is 1.80. The first-order valence-electron chi connectivity index (χ1n) is 6.50. The maximum Gasteiger partial charge on any atom is 0.274 e. The molecule has 0 spiro atoms. The molecule has 6 nitrogen and oxygen atoms in total. The van der Waals surface area contributed by atoms with Crippen LogP contribution in [0, 0.1) is 0 Å². The third kappa shape index (κ3) is 2.45. The first-order chi connectivity index (χ1) is 9.76. The molecule has 0 atom stereocenters. The number of nitrogens with one attached hydrogen (secondary N) is 2. The number of aliphatic imine (C=N–C) groups is 1. The van der Waals surface area contributed by atoms with Crippen molar-refractivity contribution < 1.29 is 14.3 Å². The van der Waals surface area contributed by atoms with Crippen molar-refractivity contribution in [1.29, 1.82) is 0 Å². The van der Waals surface area contributed by atoms with Crippen LogP contribution in [0.1, 0.15) is 18.9 Å². The molecule has 1 fully saturated rings. The highest BCUT2D eigenvalue weighted by Gasteiger charge is 2.21. The molecule has 0 saturated carbocycles. The summed E-state index contributed by atoms with van der Waals surface area (Å²) in [6.45, 7) is 2.95. The number of amides is 1. The monoisotopic (exact) mass is 273 g/mol. The van der Waals surface area contributed by atoms with Gasteiger partial charge in [0, 0.05) is 6.54 Å². The van der Waals surface area contributed by atoms with E-state index in [-0.39, 0.29) is 12.7 Å². The Morgan fingerprint density at radius 1 is 1.30 bits per heavy atom. The van der Waals surface area contributed by atoms with Gasteiger partial charge in [-0.05, 0) is 30.2 Å². The molecular weight excluding hydrogens is 258 g/mol. The lowest BCUT2D eigenvalue weighted by Gasteiger charge is -1.99. The smallest absolute Gasteiger partial charge is 0.274 e. The van der Waals surface area contributed by atoms with Gasteiger partial charge in [0.15, 0.2) is 11.5 Å². The lowest BCUT2D eigenvalue weighted by Crippen LogP contribution is -2.25. The summed E-state index contributed by atoms with van der Waals surface area (Å²) in [6, 6.07) is 5.54. The van der Waals surface area contributed by atoms with Crippen molar-refractivity contribution in [3.63, 3.8) is 0 Å². The second kappa shape index (κ2) is 5.24. The van der Waals surface area contributed by atoms with Gasteiger partial charge >= 0.3 is 0 Å². The molecule has 2 heterocycles. The first-order valence-corrected chi connectivity index (χ1v) is 6.50. The van der Waals surface area contributed by atoms with Crippen molar-refractivity contribution in [3.8, 4) is 11.5 Å². The van der Waals surface area contributed by atoms with Gasteiger partial charge in [-0.25, -0.2) is 0 Å². The number of fused-ring (bicyclic) bond motifs is 1. The summed E-state index contributed by atoms with van der Waals surface area (Å²) in [5.41, 5.74) is 1.34. The van der Waals surface area contributed by atoms with E-state index >= 15 is 0 Å². The molecule has 1 amide bonds. The van der Waals surface area contributed by atoms with Crippen LogP contribution in [-0.2, 0) is 4.79 Å². The maximum atomic E-state index is 11.8. The van der Waals surface area contributed by atoms with Crippen LogP contribution in [0.25, 0.3) is 6.08 Å². The molecule has 1 saturated heterocycles. The van der Waals surface area contributed by atoms with Gasteiger partial charge in [-0.2, -0.15) is 0 Å². The normalized spacial score (nSPS) is 20.4. The van der Waals surface area contributed by atoms with Gasteiger partial charge in [0.2, 0.25) is 12.8 Å². The van der Waals surface area contributed by atoms with Gasteiger partial charge in [0.05, 0.1) is 0 Å². The van der Waals surface area contributed by atoms with E-state index in [1.54, 1.807) is 6.08 Å². The minimum Gasteiger partial charge on any atom is -0.454 e. The predicted molar refractivity (Wildman–Crippen MR) is 74.4 cm³/mol. The third-order valence-corrected chi connectivity index (χ3v) is 2.93. The fraction of sp³-hybridized carbons (Fsp3) is 0.286. The molecule has 1 aromatic carbocycles. The second-order valence-corrected chi connectivity index (χ2v) is 4.48. The van der Waals surface area contributed by atoms with Crippen LogP contribution in [-0.4, -0.2) is 25.2 Å². The number of carbonyl (C=O) groups is 1. The van der Waals surface area contributed by atoms with E-state index in [1.807, 2.05) is 25.1 Å². The summed E-state index contributed by atoms with van der Waals surface area (Å²) in [7, 11) is 0. The van der Waals surface area contributed by atoms with E-state index in [2.05, 4.69) is 15.6 Å². The number of carbonyl (C=O) groups excluding carboxylic acids is 1. The predicted octanol–water partition coefficient (Wildman–Crippen LogP) is 1.24. The van der Waals surface area contributed by atoms with E-state index in [0.29, 0.717) is 24.0 Å². The number of hydrogen-bond acceptors (Lipinski definition) is 4. The summed E-state index contributed by atoms with van der Waals surface area (Å²) in [6.07, 6.45) is 2.69. The Morgan fingerprint density at radius 2 is 2.15 bits per heavy atom. The van der Waals surface area contributed by atoms with Crippen LogP contribution in [0.15, 0.2) is 28.9 Å². The summed E-state index contributed by atoms with van der Waals surface area (Å²) >= 11 is 0. The second-order valence-electron chi connectivity index (χ2n) is 4.48. The SMILES string of the molecule is CCCN=C1NC(=O)/C(=C/c2ccc3c(c2)OCO3)N1. The zero-order valence-electron chi connectivity index (χ0n) is 11.1. The molecule has 104 valence electrons. The molecule has 3 rings (SSSR count). The number of hydrogen-bond donors (Lipinski definition) is 2.